The molecule has 1 rings (SSSR count). The Bertz CT molecular complexity index is 178. The maximum Gasteiger partial charge on any atom is 0.271 e. The molecule has 0 aromatic carbocycles. The first-order chi connectivity index (χ1) is 4.02. The summed E-state index contributed by atoms with van der Waals surface area (Å²) in [6.45, 7) is 0. The second-order valence-electron chi connectivity index (χ2n) is 1.64. The van der Waals surface area contributed by atoms with Gasteiger partial charge in [-0.3, -0.25) is 16.3 Å². The summed E-state index contributed by atoms with van der Waals surface area (Å²) >= 11 is 5.57. The van der Waals surface area contributed by atoms with Gasteiger partial charge in [0.2, 0.25) is 0 Å². The molecule has 1 aliphatic rings. The van der Waals surface area contributed by atoms with Crippen molar-refractivity contribution >= 4 is 34.2 Å². The quantitative estimate of drug-likeness (QED) is 0.306. The second-order valence-corrected chi connectivity index (χ2v) is 3.59. The predicted molar refractivity (Wildman–Crippen MR) is 39.4 cm³/mol. The predicted octanol–water partition coefficient (Wildman–Crippen LogP) is -1.29. The number of carbonyl (C=O) groups excluding carboxylic acids is 1. The Labute approximate surface area is 61.3 Å². The van der Waals surface area contributed by atoms with Gasteiger partial charge in [0.25, 0.3) is 5.91 Å². The van der Waals surface area contributed by atoms with Crippen molar-refractivity contribution in [2.45, 2.75) is 4.99 Å². The number of thiocarbonyl (C=S) groups is 1. The van der Waals surface area contributed by atoms with Crippen LogP contribution in [-0.4, -0.2) is 15.2 Å². The van der Waals surface area contributed by atoms with E-state index in [1.54, 1.807) is 0 Å². The van der Waals surface area contributed by atoms with Gasteiger partial charge in [-0.25, -0.2) is 0 Å². The van der Waals surface area contributed by atoms with Crippen LogP contribution < -0.4 is 16.8 Å². The van der Waals surface area contributed by atoms with E-state index >= 15 is 0 Å². The van der Waals surface area contributed by atoms with Crippen LogP contribution in [-0.2, 0) is 4.79 Å². The maximum absolute atomic E-state index is 10.6. The minimum atomic E-state index is -1.35. The van der Waals surface area contributed by atoms with E-state index in [2.05, 4.69) is 17.5 Å². The van der Waals surface area contributed by atoms with Gasteiger partial charge >= 0.3 is 0 Å². The van der Waals surface area contributed by atoms with Crippen molar-refractivity contribution in [3.05, 3.63) is 0 Å². The summed E-state index contributed by atoms with van der Waals surface area (Å²) in [5, 5.41) is 2.31. The summed E-state index contributed by atoms with van der Waals surface area (Å²) in [5.74, 6) is -0.433. The van der Waals surface area contributed by atoms with E-state index in [-0.39, 0.29) is 0 Å². The molecular formula is C3H5N3OS2. The number of nitrogens with two attached hydrogens (primary N) is 2. The molecule has 0 aromatic rings. The number of carbonyl (C=O) groups is 1. The van der Waals surface area contributed by atoms with Gasteiger partial charge in [0.1, 0.15) is 4.32 Å². The summed E-state index contributed by atoms with van der Waals surface area (Å²) in [6.07, 6.45) is 0. The van der Waals surface area contributed by atoms with Crippen LogP contribution in [0.3, 0.4) is 0 Å². The zero-order valence-electron chi connectivity index (χ0n) is 4.38. The van der Waals surface area contributed by atoms with Gasteiger partial charge in [-0.15, -0.1) is 0 Å². The van der Waals surface area contributed by atoms with Crippen molar-refractivity contribution in [2.24, 2.45) is 11.5 Å². The smallest absolute Gasteiger partial charge is 0.271 e. The summed E-state index contributed by atoms with van der Waals surface area (Å²) < 4.78 is 0.338. The molecule has 0 bridgehead atoms. The van der Waals surface area contributed by atoms with Crippen molar-refractivity contribution < 1.29 is 4.79 Å². The molecule has 6 heteroatoms. The lowest BCUT2D eigenvalue weighted by Crippen LogP contribution is -2.52. The molecule has 1 saturated heterocycles. The molecule has 50 valence electrons. The largest absolute Gasteiger partial charge is 0.308 e. The molecule has 0 saturated carbocycles. The third-order valence-electron chi connectivity index (χ3n) is 0.832. The van der Waals surface area contributed by atoms with E-state index < -0.39 is 10.9 Å². The fraction of sp³-hybridized carbons (Fsp3) is 0.333. The van der Waals surface area contributed by atoms with Crippen molar-refractivity contribution in [3.8, 4) is 0 Å². The van der Waals surface area contributed by atoms with E-state index in [1.165, 1.54) is 0 Å². The average Bonchev–Trinajstić information content (AvgIpc) is 1.79. The summed E-state index contributed by atoms with van der Waals surface area (Å²) in [4.78, 5) is 9.29. The molecule has 0 spiro atoms. The Morgan fingerprint density at radius 2 is 2.22 bits per heavy atom. The average molecular weight is 163 g/mol. The Hall–Kier alpha value is -0.170. The minimum Gasteiger partial charge on any atom is -0.308 e. The zero-order valence-corrected chi connectivity index (χ0v) is 6.01. The molecule has 0 unspecified atom stereocenters. The molecule has 1 aliphatic heterocycles. The third kappa shape index (κ3) is 1.21. The molecule has 1 fully saturated rings. The lowest BCUT2D eigenvalue weighted by molar-refractivity contribution is -0.121. The van der Waals surface area contributed by atoms with Crippen molar-refractivity contribution in [1.29, 1.82) is 0 Å². The molecule has 0 radical (unpaired) electrons. The highest BCUT2D eigenvalue weighted by Crippen LogP contribution is 2.20. The first-order valence-corrected chi connectivity index (χ1v) is 3.37. The fourth-order valence-corrected chi connectivity index (χ4v) is 1.52. The highest BCUT2D eigenvalue weighted by atomic mass is 32.2. The Morgan fingerprint density at radius 3 is 2.33 bits per heavy atom. The van der Waals surface area contributed by atoms with E-state index in [0.29, 0.717) is 4.32 Å². The number of thioether (sulfide) groups is 1. The van der Waals surface area contributed by atoms with Crippen molar-refractivity contribution in [2.75, 3.05) is 0 Å². The van der Waals surface area contributed by atoms with Crippen molar-refractivity contribution in [1.82, 2.24) is 5.32 Å². The highest BCUT2D eigenvalue weighted by molar-refractivity contribution is 8.24. The lowest BCUT2D eigenvalue weighted by atomic mass is 10.5. The maximum atomic E-state index is 10.6. The van der Waals surface area contributed by atoms with Gasteiger partial charge in [0, 0.05) is 0 Å². The minimum absolute atomic E-state index is 0.338. The molecule has 0 atom stereocenters. The van der Waals surface area contributed by atoms with E-state index in [4.69, 9.17) is 11.5 Å². The standard InChI is InChI=1S/C3H5N3OS2/c4-3(5)1(7)6-2(8)9-3/h4-5H2,(H,6,7,8). The Kier molecular flexibility index (Phi) is 1.47. The summed E-state index contributed by atoms with van der Waals surface area (Å²) in [7, 11) is 0. The second kappa shape index (κ2) is 1.91. The zero-order chi connectivity index (χ0) is 7.07. The van der Waals surface area contributed by atoms with Gasteiger partial charge in [-0.1, -0.05) is 12.2 Å². The van der Waals surface area contributed by atoms with Crippen LogP contribution in [0.15, 0.2) is 0 Å². The van der Waals surface area contributed by atoms with Crippen LogP contribution in [0.25, 0.3) is 0 Å². The summed E-state index contributed by atoms with van der Waals surface area (Å²) in [6, 6.07) is 0. The van der Waals surface area contributed by atoms with E-state index in [0.717, 1.165) is 11.8 Å². The van der Waals surface area contributed by atoms with Gasteiger partial charge in [0.15, 0.2) is 4.99 Å². The van der Waals surface area contributed by atoms with Crippen molar-refractivity contribution in [3.63, 3.8) is 0 Å². The highest BCUT2D eigenvalue weighted by Gasteiger charge is 2.38. The fourth-order valence-electron chi connectivity index (χ4n) is 0.416. The lowest BCUT2D eigenvalue weighted by Gasteiger charge is -2.09. The topological polar surface area (TPSA) is 81.1 Å². The first kappa shape index (κ1) is 6.94. The molecule has 1 heterocycles. The van der Waals surface area contributed by atoms with E-state index in [1.807, 2.05) is 0 Å². The molecule has 4 nitrogen and oxygen atoms in total. The van der Waals surface area contributed by atoms with Crippen LogP contribution in [0.1, 0.15) is 0 Å². The van der Waals surface area contributed by atoms with Crippen LogP contribution in [0, 0.1) is 0 Å². The number of nitrogens with one attached hydrogen (secondary N) is 1. The Balaban J connectivity index is 2.81. The van der Waals surface area contributed by atoms with Gasteiger partial charge in [0.05, 0.1) is 0 Å². The molecule has 5 N–H and O–H groups in total. The van der Waals surface area contributed by atoms with Crippen LogP contribution >= 0.6 is 24.0 Å². The molecule has 0 aromatic heterocycles. The van der Waals surface area contributed by atoms with Gasteiger partial charge < -0.3 is 5.32 Å². The Morgan fingerprint density at radius 1 is 1.67 bits per heavy atom. The molecule has 0 aliphatic carbocycles. The van der Waals surface area contributed by atoms with Crippen LogP contribution in [0.2, 0.25) is 0 Å². The molecular weight excluding hydrogens is 158 g/mol. The third-order valence-corrected chi connectivity index (χ3v) is 1.99. The summed E-state index contributed by atoms with van der Waals surface area (Å²) in [5.41, 5.74) is 10.5. The number of amides is 1. The monoisotopic (exact) mass is 163 g/mol. The first-order valence-electron chi connectivity index (χ1n) is 2.14. The van der Waals surface area contributed by atoms with Crippen LogP contribution in [0.4, 0.5) is 0 Å². The van der Waals surface area contributed by atoms with Gasteiger partial charge in [-0.05, 0) is 11.8 Å². The SMILES string of the molecule is NC1(N)SC(=S)NC1=O. The number of hydrogen-bond acceptors (Lipinski definition) is 5. The van der Waals surface area contributed by atoms with E-state index in [9.17, 15) is 4.79 Å². The normalized spacial score (nSPS) is 24.2. The molecule has 9 heavy (non-hydrogen) atoms. The number of rotatable bonds is 0. The van der Waals surface area contributed by atoms with Crippen LogP contribution in [0.5, 0.6) is 0 Å². The van der Waals surface area contributed by atoms with Gasteiger partial charge in [-0.2, -0.15) is 0 Å². The molecule has 1 amide bonds. The number of hydrogen-bond donors (Lipinski definition) is 3.